The van der Waals surface area contributed by atoms with Crippen molar-refractivity contribution in [3.05, 3.63) is 513 Å². The summed E-state index contributed by atoms with van der Waals surface area (Å²) in [5.41, 5.74) is 30.3. The van der Waals surface area contributed by atoms with Gasteiger partial charge in [-0.15, -0.1) is 22.7 Å². The Labute approximate surface area is 767 Å². The van der Waals surface area contributed by atoms with E-state index in [1.54, 1.807) is 0 Å². The van der Waals surface area contributed by atoms with Gasteiger partial charge < -0.3 is 19.6 Å². The van der Waals surface area contributed by atoms with Gasteiger partial charge in [0.2, 0.25) is 0 Å². The summed E-state index contributed by atoms with van der Waals surface area (Å²) in [6.07, 6.45) is 48.7. The van der Waals surface area contributed by atoms with Crippen molar-refractivity contribution >= 4 is 125 Å². The lowest BCUT2D eigenvalue weighted by Gasteiger charge is -2.31. The summed E-state index contributed by atoms with van der Waals surface area (Å²) >= 11 is 3.73. The Morgan fingerprint density at radius 3 is 1.55 bits per heavy atom. The number of thiophene rings is 2. The molecular formula is C123H102N4S2. The fourth-order valence-electron chi connectivity index (χ4n) is 18.6. The van der Waals surface area contributed by atoms with Gasteiger partial charge in [0.25, 0.3) is 0 Å². The van der Waals surface area contributed by atoms with Crippen LogP contribution < -0.4 is 19.6 Å². The van der Waals surface area contributed by atoms with Crippen LogP contribution in [0.3, 0.4) is 0 Å². The van der Waals surface area contributed by atoms with Gasteiger partial charge in [0.15, 0.2) is 0 Å². The van der Waals surface area contributed by atoms with Gasteiger partial charge in [-0.2, -0.15) is 0 Å². The van der Waals surface area contributed by atoms with Gasteiger partial charge in [-0.3, -0.25) is 0 Å². The normalized spacial score (nSPS) is 15.0. The molecule has 3 aliphatic rings. The van der Waals surface area contributed by atoms with E-state index >= 15 is 0 Å². The Balaban J connectivity index is 0.551. The molecule has 0 saturated heterocycles. The zero-order valence-electron chi connectivity index (χ0n) is 73.3. The third-order valence-electron chi connectivity index (χ3n) is 25.4. The summed E-state index contributed by atoms with van der Waals surface area (Å²) in [6.45, 7) is 19.2. The van der Waals surface area contributed by atoms with Crippen LogP contribution in [-0.2, 0) is 6.42 Å². The fourth-order valence-corrected chi connectivity index (χ4v) is 21.0. The number of rotatable bonds is 27. The topological polar surface area (TPSA) is 13.0 Å². The Bertz CT molecular complexity index is 7260. The van der Waals surface area contributed by atoms with Crippen LogP contribution in [0.2, 0.25) is 0 Å². The van der Waals surface area contributed by atoms with Gasteiger partial charge in [0.05, 0.1) is 5.69 Å². The number of anilines is 8. The molecule has 6 heteroatoms. The molecular weight excluding hydrogens is 1600 g/mol. The minimum atomic E-state index is 0.371. The molecule has 626 valence electrons. The monoisotopic (exact) mass is 1700 g/mol. The maximum atomic E-state index is 4.70. The summed E-state index contributed by atoms with van der Waals surface area (Å²) in [5, 5.41) is 7.70. The van der Waals surface area contributed by atoms with E-state index in [1.165, 1.54) is 118 Å². The zero-order chi connectivity index (χ0) is 87.5. The first-order valence-corrected chi connectivity index (χ1v) is 46.6. The summed E-state index contributed by atoms with van der Waals surface area (Å²) in [7, 11) is 0. The van der Waals surface area contributed by atoms with E-state index < -0.39 is 0 Å². The number of hydrogen-bond donors (Lipinski definition) is 0. The molecule has 0 fully saturated rings. The third kappa shape index (κ3) is 17.9. The van der Waals surface area contributed by atoms with Crippen molar-refractivity contribution in [2.45, 2.75) is 65.2 Å². The second-order valence-corrected chi connectivity index (χ2v) is 35.4. The van der Waals surface area contributed by atoms with Gasteiger partial charge in [0, 0.05) is 114 Å². The van der Waals surface area contributed by atoms with E-state index in [0.29, 0.717) is 11.8 Å². The average Bonchev–Trinajstić information content (AvgIpc) is 1.72. The standard InChI is InChI=1S/C123H102N4S2/c1-7-11-14-27-87(6)124(103-33-23-30-90(55-70-103)94-64-79-110(80-65-94)127(119-40-24-31-99-29-16-18-35-113(99)119)111-83-84-122-118(85-111)116-37-20-21-41-120(116)128-122)104-71-56-95(57-72-104)92-49-47-91(48-50-92)89(28-12-8-2)46-43-88-44-68-105(69-45-88)126(108-75-60-96(61-76-108)93-51-53-100(54-52-93)112-34-17-15-26-86(112)5)109-77-62-98(63-78-109)97-58-73-106(74-59-97)125(102(10-4)32-13-9-3)107-81-66-101(67-82-107)114-38-25-39-117-115-36-19-22-42-121(115)129-123(114)117/h7-22,24-42,44-54,56-64,66-69,71-79,81-86,112H,2-3,6,23,43,55,65,70,80H2,1,4-5H3. The highest BCUT2D eigenvalue weighted by Gasteiger charge is 2.26. The minimum Gasteiger partial charge on any atom is -0.315 e. The smallest absolute Gasteiger partial charge is 0.0536 e. The van der Waals surface area contributed by atoms with Gasteiger partial charge in [0.1, 0.15) is 0 Å². The first-order chi connectivity index (χ1) is 63.6. The van der Waals surface area contributed by atoms with Crippen molar-refractivity contribution < 1.29 is 0 Å². The summed E-state index contributed by atoms with van der Waals surface area (Å²) in [5.74, 6) is 0.825. The SMILES string of the molecule is C=CC=CC(=CCc1ccc(N(c2ccc(-c3ccc(C4C=CC=CC4C)cc3)cc2)c2ccc(-c3ccc(N(C(C=CC=C)=CC)c4ccc(-c5cccc6c5sc5ccccc56)cc4)cc3)cc2)cc1)c1ccc(-c2ccc(N(C(=C)C=CC=CC)C3=CCC=C(C4=CC=C(N(c5ccc6sc7ccccc7c6c5)c5cccc6ccccc56)CC4)CC3)cc2)cc1. The Morgan fingerprint density at radius 2 is 0.922 bits per heavy atom. The molecule has 2 atom stereocenters. The lowest BCUT2D eigenvalue weighted by atomic mass is 9.84. The predicted octanol–water partition coefficient (Wildman–Crippen LogP) is 35.6. The van der Waals surface area contributed by atoms with Crippen LogP contribution in [0.5, 0.6) is 0 Å². The van der Waals surface area contributed by atoms with Crippen molar-refractivity contribution in [3.8, 4) is 44.5 Å². The number of allylic oxidation sites excluding steroid dienone is 25. The van der Waals surface area contributed by atoms with Crippen LogP contribution >= 0.6 is 22.7 Å². The predicted molar refractivity (Wildman–Crippen MR) is 561 cm³/mol. The van der Waals surface area contributed by atoms with Crippen molar-refractivity contribution in [1.82, 2.24) is 0 Å². The van der Waals surface area contributed by atoms with E-state index in [1.807, 2.05) is 47.0 Å². The lowest BCUT2D eigenvalue weighted by Crippen LogP contribution is -2.20. The molecule has 14 aromatic carbocycles. The highest BCUT2D eigenvalue weighted by Crippen LogP contribution is 2.47. The first-order valence-electron chi connectivity index (χ1n) is 45.0. The number of hydrogen-bond acceptors (Lipinski definition) is 6. The van der Waals surface area contributed by atoms with Crippen molar-refractivity contribution in [2.75, 3.05) is 19.6 Å². The fraction of sp³-hybridized carbons (Fsp3) is 0.0894. The Kier molecular flexibility index (Phi) is 25.0. The molecule has 0 spiro atoms. The number of nitrogens with zero attached hydrogens (tertiary/aromatic N) is 4. The van der Waals surface area contributed by atoms with E-state index in [0.717, 1.165) is 117 Å². The summed E-state index contributed by atoms with van der Waals surface area (Å²) in [4.78, 5) is 9.57. The van der Waals surface area contributed by atoms with Gasteiger partial charge in [-0.1, -0.05) is 342 Å². The van der Waals surface area contributed by atoms with Crippen LogP contribution in [0.25, 0.3) is 101 Å². The average molecular weight is 1700 g/mol. The Hall–Kier alpha value is -14.9. The first kappa shape index (κ1) is 83.6. The molecule has 3 aliphatic carbocycles. The van der Waals surface area contributed by atoms with Crippen molar-refractivity contribution in [1.29, 1.82) is 0 Å². The molecule has 0 aliphatic heterocycles. The van der Waals surface area contributed by atoms with Gasteiger partial charge in [-0.25, -0.2) is 0 Å². The van der Waals surface area contributed by atoms with Gasteiger partial charge in [-0.05, 0) is 269 Å². The van der Waals surface area contributed by atoms with Crippen LogP contribution in [0, 0.1) is 5.92 Å². The largest absolute Gasteiger partial charge is 0.315 e. The maximum Gasteiger partial charge on any atom is 0.0536 e. The van der Waals surface area contributed by atoms with Crippen LogP contribution in [0.4, 0.5) is 45.5 Å². The molecule has 0 saturated carbocycles. The molecule has 2 aromatic heterocycles. The molecule has 0 amide bonds. The number of fused-ring (bicyclic) bond motifs is 7. The van der Waals surface area contributed by atoms with Crippen LogP contribution in [0.15, 0.2) is 497 Å². The maximum absolute atomic E-state index is 4.70. The molecule has 2 unspecified atom stereocenters. The highest BCUT2D eigenvalue weighted by atomic mass is 32.1. The molecule has 16 aromatic rings. The minimum absolute atomic E-state index is 0.371. The summed E-state index contributed by atoms with van der Waals surface area (Å²) in [6, 6.07) is 119. The zero-order valence-corrected chi connectivity index (χ0v) is 74.9. The Morgan fingerprint density at radius 1 is 0.403 bits per heavy atom. The lowest BCUT2D eigenvalue weighted by molar-refractivity contribution is 0.635. The van der Waals surface area contributed by atoms with Crippen LogP contribution in [0.1, 0.15) is 75.5 Å². The molecule has 129 heavy (non-hydrogen) atoms. The molecule has 19 rings (SSSR count). The quantitative estimate of drug-likeness (QED) is 0.0476. The van der Waals surface area contributed by atoms with E-state index in [-0.39, 0.29) is 0 Å². The molecule has 0 bridgehead atoms. The third-order valence-corrected chi connectivity index (χ3v) is 27.7. The van der Waals surface area contributed by atoms with E-state index in [9.17, 15) is 0 Å². The molecule has 4 nitrogen and oxygen atoms in total. The molecule has 0 N–H and O–H groups in total. The van der Waals surface area contributed by atoms with Gasteiger partial charge >= 0.3 is 0 Å². The second-order valence-electron chi connectivity index (χ2n) is 33.3. The van der Waals surface area contributed by atoms with Crippen LogP contribution in [-0.4, -0.2) is 0 Å². The van der Waals surface area contributed by atoms with E-state index in [2.05, 4.69) is 472 Å². The highest BCUT2D eigenvalue weighted by molar-refractivity contribution is 7.26. The molecule has 0 radical (unpaired) electrons. The van der Waals surface area contributed by atoms with E-state index in [4.69, 9.17) is 6.58 Å². The number of benzene rings is 14. The second kappa shape index (κ2) is 38.5. The van der Waals surface area contributed by atoms with Crippen molar-refractivity contribution in [3.63, 3.8) is 0 Å². The summed E-state index contributed by atoms with van der Waals surface area (Å²) < 4.78 is 5.25. The molecule has 2 heterocycles. The van der Waals surface area contributed by atoms with Crippen molar-refractivity contribution in [2.24, 2.45) is 5.92 Å².